The molecule has 1 aliphatic heterocycles. The molecule has 0 radical (unpaired) electrons. The Hall–Kier alpha value is -2.78. The molecule has 1 aliphatic rings. The number of carboxylic acids is 1. The number of carbonyl (C=O) groups is 1. The number of nitrogens with zero attached hydrogens (tertiary/aromatic N) is 6. The normalized spacial score (nSPS) is 14.8. The molecule has 1 fully saturated rings. The minimum absolute atomic E-state index is 0.151. The van der Waals surface area contributed by atoms with Crippen molar-refractivity contribution in [3.8, 4) is 5.95 Å². The van der Waals surface area contributed by atoms with Crippen molar-refractivity contribution >= 4 is 34.4 Å². The summed E-state index contributed by atoms with van der Waals surface area (Å²) in [6.45, 7) is 2.33. The molecular weight excluding hydrogens is 348 g/mol. The number of anilines is 1. The Morgan fingerprint density at radius 1 is 1.20 bits per heavy atom. The lowest BCUT2D eigenvalue weighted by Gasteiger charge is -2.28. The van der Waals surface area contributed by atoms with E-state index < -0.39 is 5.97 Å². The number of fused-ring (bicyclic) bond motifs is 1. The van der Waals surface area contributed by atoms with Crippen LogP contribution in [0.1, 0.15) is 10.5 Å². The summed E-state index contributed by atoms with van der Waals surface area (Å²) in [5, 5.41) is 13.6. The van der Waals surface area contributed by atoms with Gasteiger partial charge in [0.1, 0.15) is 11.0 Å². The van der Waals surface area contributed by atoms with E-state index >= 15 is 0 Å². The van der Waals surface area contributed by atoms with E-state index in [2.05, 4.69) is 20.1 Å². The third-order valence-electron chi connectivity index (χ3n) is 3.81. The van der Waals surface area contributed by atoms with E-state index in [-0.39, 0.29) is 10.7 Å². The molecule has 25 heavy (non-hydrogen) atoms. The molecule has 0 aliphatic carbocycles. The molecule has 0 bridgehead atoms. The highest BCUT2D eigenvalue weighted by Gasteiger charge is 2.22. The maximum absolute atomic E-state index is 11.3. The number of aromatic carboxylic acids is 1. The fourth-order valence-corrected chi connectivity index (χ4v) is 2.87. The summed E-state index contributed by atoms with van der Waals surface area (Å²) in [6.07, 6.45) is 3.34. The standard InChI is InChI=1S/C15H13ClN6O3/c16-9-8-10(14(23)24)18-12-11(9)19-15(22-3-1-2-17-22)20-13(12)21-4-6-25-7-5-21/h1-3,8H,4-7H2,(H,23,24). The molecule has 128 valence electrons. The van der Waals surface area contributed by atoms with Crippen LogP contribution in [0.3, 0.4) is 0 Å². The molecule has 1 saturated heterocycles. The summed E-state index contributed by atoms with van der Waals surface area (Å²) in [5.41, 5.74) is 0.582. The van der Waals surface area contributed by atoms with Crippen molar-refractivity contribution in [2.75, 3.05) is 31.2 Å². The van der Waals surface area contributed by atoms with E-state index in [4.69, 9.17) is 16.3 Å². The van der Waals surface area contributed by atoms with E-state index in [0.717, 1.165) is 0 Å². The minimum atomic E-state index is -1.16. The van der Waals surface area contributed by atoms with Gasteiger partial charge in [-0.25, -0.2) is 19.4 Å². The maximum atomic E-state index is 11.3. The third-order valence-corrected chi connectivity index (χ3v) is 4.10. The Morgan fingerprint density at radius 2 is 2.00 bits per heavy atom. The summed E-state index contributed by atoms with van der Waals surface area (Å²) >= 11 is 6.28. The number of pyridine rings is 1. The summed E-state index contributed by atoms with van der Waals surface area (Å²) in [6, 6.07) is 3.05. The van der Waals surface area contributed by atoms with Crippen molar-refractivity contribution < 1.29 is 14.6 Å². The van der Waals surface area contributed by atoms with Crippen molar-refractivity contribution in [3.05, 3.63) is 35.2 Å². The Bertz CT molecular complexity index is 940. The highest BCUT2D eigenvalue weighted by molar-refractivity contribution is 6.35. The topological polar surface area (TPSA) is 106 Å². The lowest BCUT2D eigenvalue weighted by atomic mass is 10.2. The van der Waals surface area contributed by atoms with Gasteiger partial charge in [0.2, 0.25) is 0 Å². The van der Waals surface area contributed by atoms with Crippen LogP contribution in [0, 0.1) is 0 Å². The number of morpholine rings is 1. The van der Waals surface area contributed by atoms with Crippen LogP contribution in [-0.2, 0) is 4.74 Å². The fraction of sp³-hybridized carbons (Fsp3) is 0.267. The summed E-state index contributed by atoms with van der Waals surface area (Å²) in [7, 11) is 0. The average Bonchev–Trinajstić information content (AvgIpc) is 3.16. The summed E-state index contributed by atoms with van der Waals surface area (Å²) in [4.78, 5) is 26.5. The summed E-state index contributed by atoms with van der Waals surface area (Å²) < 4.78 is 6.90. The van der Waals surface area contributed by atoms with E-state index in [9.17, 15) is 9.90 Å². The fourth-order valence-electron chi connectivity index (χ4n) is 2.64. The molecule has 4 heterocycles. The molecule has 0 amide bonds. The van der Waals surface area contributed by atoms with Crippen LogP contribution in [0.5, 0.6) is 0 Å². The van der Waals surface area contributed by atoms with Crippen molar-refractivity contribution in [1.82, 2.24) is 24.7 Å². The molecule has 10 heteroatoms. The lowest BCUT2D eigenvalue weighted by molar-refractivity contribution is 0.0691. The first-order chi connectivity index (χ1) is 12.1. The van der Waals surface area contributed by atoms with Crippen LogP contribution in [0.2, 0.25) is 5.02 Å². The highest BCUT2D eigenvalue weighted by Crippen LogP contribution is 2.29. The molecule has 0 saturated carbocycles. The second kappa shape index (κ2) is 6.26. The van der Waals surface area contributed by atoms with E-state index in [1.54, 1.807) is 18.5 Å². The molecule has 3 aromatic rings. The third kappa shape index (κ3) is 2.87. The quantitative estimate of drug-likeness (QED) is 0.747. The largest absolute Gasteiger partial charge is 0.477 e. The number of ether oxygens (including phenoxy) is 1. The molecule has 0 spiro atoms. The Morgan fingerprint density at radius 3 is 2.68 bits per heavy atom. The van der Waals surface area contributed by atoms with E-state index in [1.807, 2.05) is 4.90 Å². The zero-order valence-electron chi connectivity index (χ0n) is 13.0. The predicted octanol–water partition coefficient (Wildman–Crippen LogP) is 1.40. The number of aromatic nitrogens is 5. The monoisotopic (exact) mass is 360 g/mol. The Balaban J connectivity index is 1.98. The van der Waals surface area contributed by atoms with E-state index in [0.29, 0.717) is 49.1 Å². The SMILES string of the molecule is O=C(O)c1cc(Cl)c2nc(-n3cccn3)nc(N3CCOCC3)c2n1. The van der Waals surface area contributed by atoms with Gasteiger partial charge < -0.3 is 14.7 Å². The maximum Gasteiger partial charge on any atom is 0.354 e. The number of hydrogen-bond acceptors (Lipinski definition) is 7. The molecule has 0 aromatic carbocycles. The summed E-state index contributed by atoms with van der Waals surface area (Å²) in [5.74, 6) is -0.303. The van der Waals surface area contributed by atoms with Gasteiger partial charge in [-0.15, -0.1) is 0 Å². The first-order valence-corrected chi connectivity index (χ1v) is 7.95. The van der Waals surface area contributed by atoms with Crippen LogP contribution >= 0.6 is 11.6 Å². The van der Waals surface area contributed by atoms with Crippen LogP contribution in [-0.4, -0.2) is 62.1 Å². The van der Waals surface area contributed by atoms with Gasteiger partial charge in [0, 0.05) is 25.5 Å². The Labute approximate surface area is 146 Å². The van der Waals surface area contributed by atoms with Crippen molar-refractivity contribution in [2.24, 2.45) is 0 Å². The van der Waals surface area contributed by atoms with Crippen molar-refractivity contribution in [2.45, 2.75) is 0 Å². The number of halogens is 1. The number of rotatable bonds is 3. The minimum Gasteiger partial charge on any atom is -0.477 e. The molecule has 4 rings (SSSR count). The van der Waals surface area contributed by atoms with Gasteiger partial charge in [-0.2, -0.15) is 10.1 Å². The van der Waals surface area contributed by atoms with Gasteiger partial charge in [-0.3, -0.25) is 0 Å². The molecular formula is C15H13ClN6O3. The average molecular weight is 361 g/mol. The smallest absolute Gasteiger partial charge is 0.354 e. The van der Waals surface area contributed by atoms with Gasteiger partial charge >= 0.3 is 5.97 Å². The van der Waals surface area contributed by atoms with Gasteiger partial charge in [0.05, 0.1) is 18.2 Å². The van der Waals surface area contributed by atoms with Crippen LogP contribution in [0.25, 0.3) is 17.0 Å². The van der Waals surface area contributed by atoms with Gasteiger partial charge in [0.15, 0.2) is 11.5 Å². The molecule has 1 N–H and O–H groups in total. The molecule has 3 aromatic heterocycles. The van der Waals surface area contributed by atoms with Gasteiger partial charge in [0.25, 0.3) is 5.95 Å². The molecule has 9 nitrogen and oxygen atoms in total. The zero-order chi connectivity index (χ0) is 17.4. The zero-order valence-corrected chi connectivity index (χ0v) is 13.7. The molecule has 0 atom stereocenters. The number of hydrogen-bond donors (Lipinski definition) is 1. The van der Waals surface area contributed by atoms with Gasteiger partial charge in [-0.1, -0.05) is 11.6 Å². The van der Waals surface area contributed by atoms with Crippen LogP contribution < -0.4 is 4.90 Å². The van der Waals surface area contributed by atoms with Crippen molar-refractivity contribution in [3.63, 3.8) is 0 Å². The first kappa shape index (κ1) is 15.7. The van der Waals surface area contributed by atoms with E-state index in [1.165, 1.54) is 10.7 Å². The first-order valence-electron chi connectivity index (χ1n) is 7.58. The van der Waals surface area contributed by atoms with Crippen molar-refractivity contribution in [1.29, 1.82) is 0 Å². The Kier molecular flexibility index (Phi) is 3.94. The van der Waals surface area contributed by atoms with Crippen LogP contribution in [0.4, 0.5) is 5.82 Å². The molecule has 0 unspecified atom stereocenters. The predicted molar refractivity (Wildman–Crippen MR) is 89.5 cm³/mol. The second-order valence-electron chi connectivity index (χ2n) is 5.39. The second-order valence-corrected chi connectivity index (χ2v) is 5.80. The number of carboxylic acid groups (broad SMARTS) is 1. The highest BCUT2D eigenvalue weighted by atomic mass is 35.5. The van der Waals surface area contributed by atoms with Crippen LogP contribution in [0.15, 0.2) is 24.5 Å². The lowest BCUT2D eigenvalue weighted by Crippen LogP contribution is -2.37. The van der Waals surface area contributed by atoms with Gasteiger partial charge in [-0.05, 0) is 12.1 Å².